The summed E-state index contributed by atoms with van der Waals surface area (Å²) in [7, 11) is 0. The first-order valence-electron chi connectivity index (χ1n) is 8.86. The second kappa shape index (κ2) is 6.42. The number of nitrogen functional groups attached to an aromatic ring is 2. The zero-order valence-corrected chi connectivity index (χ0v) is 16.4. The van der Waals surface area contributed by atoms with Crippen molar-refractivity contribution >= 4 is 27.3 Å². The maximum atomic E-state index is 6.34. The van der Waals surface area contributed by atoms with Gasteiger partial charge in [0.15, 0.2) is 0 Å². The molecule has 0 saturated heterocycles. The van der Waals surface area contributed by atoms with Gasteiger partial charge >= 0.3 is 0 Å². The fourth-order valence-corrected chi connectivity index (χ4v) is 3.79. The van der Waals surface area contributed by atoms with Crippen molar-refractivity contribution in [3.8, 4) is 28.3 Å². The molecule has 0 fully saturated rings. The fraction of sp³-hybridized carbons (Fsp3) is 0.0455. The lowest BCUT2D eigenvalue weighted by atomic mass is 10.1. The van der Waals surface area contributed by atoms with Crippen molar-refractivity contribution in [3.63, 3.8) is 0 Å². The topological polar surface area (TPSA) is 79.1 Å². The first kappa shape index (κ1) is 16.9. The van der Waals surface area contributed by atoms with Gasteiger partial charge in [-0.15, -0.1) is 0 Å². The predicted molar refractivity (Wildman–Crippen MR) is 115 cm³/mol. The summed E-state index contributed by atoms with van der Waals surface area (Å²) in [5.74, 6) is 0.819. The van der Waals surface area contributed by atoms with Crippen LogP contribution in [0.25, 0.3) is 22.5 Å². The molecule has 0 amide bonds. The van der Waals surface area contributed by atoms with Crippen molar-refractivity contribution < 1.29 is 4.74 Å². The standard InChI is InChI=1S/C22H17BrN4O/c23-15-7-8-16-20-12-19(14-6-9-17(24)18(25)10-14)26-27(20)22(28-21(16)11-15)13-4-2-1-3-5-13/h1-12,22H,24-25H2. The summed E-state index contributed by atoms with van der Waals surface area (Å²) >= 11 is 3.54. The molecule has 28 heavy (non-hydrogen) atoms. The van der Waals surface area contributed by atoms with E-state index >= 15 is 0 Å². The van der Waals surface area contributed by atoms with Crippen molar-refractivity contribution in [1.82, 2.24) is 9.78 Å². The molecule has 138 valence electrons. The maximum Gasteiger partial charge on any atom is 0.218 e. The summed E-state index contributed by atoms with van der Waals surface area (Å²) in [5, 5.41) is 4.85. The van der Waals surface area contributed by atoms with Gasteiger partial charge in [0, 0.05) is 21.2 Å². The van der Waals surface area contributed by atoms with Crippen LogP contribution in [0.4, 0.5) is 11.4 Å². The molecule has 1 aliphatic rings. The largest absolute Gasteiger partial charge is 0.464 e. The second-order valence-electron chi connectivity index (χ2n) is 6.72. The van der Waals surface area contributed by atoms with Crippen LogP contribution in [0.1, 0.15) is 11.8 Å². The molecule has 1 atom stereocenters. The van der Waals surface area contributed by atoms with Gasteiger partial charge in [-0.1, -0.05) is 52.3 Å². The van der Waals surface area contributed by atoms with Crippen LogP contribution in [0.3, 0.4) is 0 Å². The molecule has 5 nitrogen and oxygen atoms in total. The van der Waals surface area contributed by atoms with E-state index < -0.39 is 0 Å². The highest BCUT2D eigenvalue weighted by molar-refractivity contribution is 9.10. The van der Waals surface area contributed by atoms with E-state index in [0.717, 1.165) is 38.3 Å². The highest BCUT2D eigenvalue weighted by Gasteiger charge is 2.29. The molecule has 1 unspecified atom stereocenters. The van der Waals surface area contributed by atoms with Crippen molar-refractivity contribution in [3.05, 3.63) is 82.8 Å². The number of nitrogens with zero attached hydrogens (tertiary/aromatic N) is 2. The van der Waals surface area contributed by atoms with Crippen LogP contribution in [0.5, 0.6) is 5.75 Å². The van der Waals surface area contributed by atoms with Crippen LogP contribution in [-0.4, -0.2) is 9.78 Å². The lowest BCUT2D eigenvalue weighted by molar-refractivity contribution is 0.154. The summed E-state index contributed by atoms with van der Waals surface area (Å²) in [6.45, 7) is 0. The Morgan fingerprint density at radius 2 is 1.71 bits per heavy atom. The van der Waals surface area contributed by atoms with Gasteiger partial charge in [0.1, 0.15) is 5.75 Å². The van der Waals surface area contributed by atoms with Gasteiger partial charge in [-0.2, -0.15) is 5.10 Å². The van der Waals surface area contributed by atoms with Crippen LogP contribution in [-0.2, 0) is 0 Å². The van der Waals surface area contributed by atoms with Gasteiger partial charge in [-0.05, 0) is 36.4 Å². The van der Waals surface area contributed by atoms with Crippen LogP contribution in [0, 0.1) is 0 Å². The van der Waals surface area contributed by atoms with Crippen LogP contribution in [0.2, 0.25) is 0 Å². The summed E-state index contributed by atoms with van der Waals surface area (Å²) in [5.41, 5.74) is 17.7. The molecule has 0 saturated carbocycles. The first-order valence-corrected chi connectivity index (χ1v) is 9.66. The first-order chi connectivity index (χ1) is 13.6. The lowest BCUT2D eigenvalue weighted by Crippen LogP contribution is -2.23. The quantitative estimate of drug-likeness (QED) is 0.432. The smallest absolute Gasteiger partial charge is 0.218 e. The highest BCUT2D eigenvalue weighted by atomic mass is 79.9. The molecule has 3 aromatic carbocycles. The minimum absolute atomic E-state index is 0.349. The molecule has 1 aromatic heterocycles. The Bertz CT molecular complexity index is 1190. The number of fused-ring (bicyclic) bond motifs is 3. The molecule has 0 bridgehead atoms. The molecule has 2 heterocycles. The SMILES string of the molecule is Nc1ccc(-c2cc3n(n2)C(c2ccccc2)Oc2cc(Br)ccc2-3)cc1N. The van der Waals surface area contributed by atoms with Crippen molar-refractivity contribution in [2.24, 2.45) is 0 Å². The van der Waals surface area contributed by atoms with E-state index in [2.05, 4.69) is 22.0 Å². The summed E-state index contributed by atoms with van der Waals surface area (Å²) < 4.78 is 9.24. The molecule has 4 aromatic rings. The fourth-order valence-electron chi connectivity index (χ4n) is 3.45. The Morgan fingerprint density at radius 1 is 0.893 bits per heavy atom. The molecule has 6 heteroatoms. The molecule has 0 aliphatic carbocycles. The van der Waals surface area contributed by atoms with E-state index in [4.69, 9.17) is 21.3 Å². The number of benzene rings is 3. The number of anilines is 2. The van der Waals surface area contributed by atoms with E-state index in [1.54, 1.807) is 6.07 Å². The highest BCUT2D eigenvalue weighted by Crippen LogP contribution is 2.43. The van der Waals surface area contributed by atoms with Crippen LogP contribution >= 0.6 is 15.9 Å². The normalized spacial score (nSPS) is 14.8. The van der Waals surface area contributed by atoms with E-state index in [1.807, 2.05) is 65.3 Å². The Labute approximate surface area is 170 Å². The molecular formula is C22H17BrN4O. The molecule has 1 aliphatic heterocycles. The monoisotopic (exact) mass is 432 g/mol. The van der Waals surface area contributed by atoms with Gasteiger partial charge in [-0.3, -0.25) is 0 Å². The Kier molecular flexibility index (Phi) is 3.87. The Morgan fingerprint density at radius 3 is 2.50 bits per heavy atom. The predicted octanol–water partition coefficient (Wildman–Crippen LogP) is 5.08. The minimum Gasteiger partial charge on any atom is -0.464 e. The lowest BCUT2D eigenvalue weighted by Gasteiger charge is -2.28. The zero-order chi connectivity index (χ0) is 19.3. The molecule has 4 N–H and O–H groups in total. The number of ether oxygens (including phenoxy) is 1. The van der Waals surface area contributed by atoms with Gasteiger partial charge in [0.2, 0.25) is 6.23 Å². The van der Waals surface area contributed by atoms with Crippen molar-refractivity contribution in [2.75, 3.05) is 11.5 Å². The molecule has 0 radical (unpaired) electrons. The number of nitrogens with two attached hydrogens (primary N) is 2. The molecule has 5 rings (SSSR count). The van der Waals surface area contributed by atoms with E-state index in [9.17, 15) is 0 Å². The van der Waals surface area contributed by atoms with Crippen LogP contribution in [0.15, 0.2) is 77.3 Å². The van der Waals surface area contributed by atoms with E-state index in [0.29, 0.717) is 11.4 Å². The molecule has 0 spiro atoms. The summed E-state index contributed by atoms with van der Waals surface area (Å²) in [6.07, 6.45) is -0.349. The van der Waals surface area contributed by atoms with Crippen molar-refractivity contribution in [1.29, 1.82) is 0 Å². The number of rotatable bonds is 2. The van der Waals surface area contributed by atoms with Gasteiger partial charge in [0.25, 0.3) is 0 Å². The van der Waals surface area contributed by atoms with Crippen molar-refractivity contribution in [2.45, 2.75) is 6.23 Å². The number of hydrogen-bond acceptors (Lipinski definition) is 4. The summed E-state index contributed by atoms with van der Waals surface area (Å²) in [4.78, 5) is 0. The second-order valence-corrected chi connectivity index (χ2v) is 7.64. The third-order valence-corrected chi connectivity index (χ3v) is 5.38. The third kappa shape index (κ3) is 2.73. The Balaban J connectivity index is 1.70. The number of halogens is 1. The Hall–Kier alpha value is -3.25. The minimum atomic E-state index is -0.349. The van der Waals surface area contributed by atoms with E-state index in [1.165, 1.54) is 0 Å². The average molecular weight is 433 g/mol. The number of hydrogen-bond donors (Lipinski definition) is 2. The number of aromatic nitrogens is 2. The van der Waals surface area contributed by atoms with Crippen LogP contribution < -0.4 is 16.2 Å². The maximum absolute atomic E-state index is 6.34. The van der Waals surface area contributed by atoms with Gasteiger partial charge in [0.05, 0.1) is 22.8 Å². The van der Waals surface area contributed by atoms with Gasteiger partial charge in [-0.25, -0.2) is 4.68 Å². The third-order valence-electron chi connectivity index (χ3n) is 4.88. The van der Waals surface area contributed by atoms with E-state index in [-0.39, 0.29) is 6.23 Å². The average Bonchev–Trinajstić information content (AvgIpc) is 3.15. The zero-order valence-electron chi connectivity index (χ0n) is 14.8. The van der Waals surface area contributed by atoms with Gasteiger partial charge < -0.3 is 16.2 Å². The summed E-state index contributed by atoms with van der Waals surface area (Å²) in [6, 6.07) is 23.8. The molecular weight excluding hydrogens is 416 g/mol.